The molecule has 1 fully saturated rings. The Hall–Kier alpha value is -0.240. The first kappa shape index (κ1) is 12.8. The zero-order valence-corrected chi connectivity index (χ0v) is 9.07. The highest BCUT2D eigenvalue weighted by Crippen LogP contribution is 2.25. The smallest absolute Gasteiger partial charge is 0.302 e. The Labute approximate surface area is 86.4 Å². The Morgan fingerprint density at radius 2 is 1.92 bits per heavy atom. The maximum atomic E-state index is 10.5. The number of carbonyl (C=O) groups is 1. The van der Waals surface area contributed by atoms with Crippen LogP contribution in [0.1, 0.15) is 45.4 Å². The molecule has 78 valence electrons. The lowest BCUT2D eigenvalue weighted by molar-refractivity contribution is -0.141. The van der Waals surface area contributed by atoms with E-state index in [1.54, 1.807) is 0 Å². The summed E-state index contributed by atoms with van der Waals surface area (Å²) in [6, 6.07) is 0. The third-order valence-corrected chi connectivity index (χ3v) is 2.56. The number of rotatable bonds is 3. The standard InChI is InChI=1S/C10H18O2.ClH/c1-9(11)12-8-7-10-5-3-2-4-6-10;/h10H,2-8H2,1H3;1H. The molecule has 0 spiro atoms. The zero-order chi connectivity index (χ0) is 8.81. The van der Waals surface area contributed by atoms with Crippen LogP contribution in [0.2, 0.25) is 0 Å². The predicted octanol–water partition coefficient (Wildman–Crippen LogP) is 2.94. The molecule has 0 heterocycles. The number of halogens is 1. The van der Waals surface area contributed by atoms with E-state index in [0.717, 1.165) is 12.3 Å². The van der Waals surface area contributed by atoms with Crippen LogP contribution in [0.5, 0.6) is 0 Å². The van der Waals surface area contributed by atoms with Crippen molar-refractivity contribution in [3.05, 3.63) is 0 Å². The molecule has 0 aromatic heterocycles. The molecule has 0 aromatic carbocycles. The van der Waals surface area contributed by atoms with Crippen LogP contribution in [-0.2, 0) is 9.53 Å². The molecule has 0 N–H and O–H groups in total. The topological polar surface area (TPSA) is 26.3 Å². The van der Waals surface area contributed by atoms with Crippen LogP contribution < -0.4 is 0 Å². The summed E-state index contributed by atoms with van der Waals surface area (Å²) >= 11 is 0. The van der Waals surface area contributed by atoms with E-state index in [2.05, 4.69) is 0 Å². The summed E-state index contributed by atoms with van der Waals surface area (Å²) in [6.07, 6.45) is 7.86. The average Bonchev–Trinajstić information content (AvgIpc) is 2.05. The van der Waals surface area contributed by atoms with E-state index in [-0.39, 0.29) is 18.4 Å². The molecule has 0 bridgehead atoms. The van der Waals surface area contributed by atoms with Gasteiger partial charge in [0.1, 0.15) is 0 Å². The minimum absolute atomic E-state index is 0. The molecular weight excluding hydrogens is 188 g/mol. The van der Waals surface area contributed by atoms with E-state index in [1.807, 2.05) is 0 Å². The van der Waals surface area contributed by atoms with E-state index >= 15 is 0 Å². The molecule has 0 aromatic rings. The summed E-state index contributed by atoms with van der Waals surface area (Å²) in [5.41, 5.74) is 0. The summed E-state index contributed by atoms with van der Waals surface area (Å²) < 4.78 is 4.91. The molecule has 0 saturated heterocycles. The lowest BCUT2D eigenvalue weighted by atomic mass is 9.87. The summed E-state index contributed by atoms with van der Waals surface area (Å²) in [6.45, 7) is 2.10. The molecule has 0 radical (unpaired) electrons. The number of esters is 1. The van der Waals surface area contributed by atoms with E-state index in [0.29, 0.717) is 6.61 Å². The molecule has 1 rings (SSSR count). The van der Waals surface area contributed by atoms with Crippen LogP contribution in [0.4, 0.5) is 0 Å². The minimum atomic E-state index is -0.147. The van der Waals surface area contributed by atoms with Crippen molar-refractivity contribution < 1.29 is 9.53 Å². The van der Waals surface area contributed by atoms with Crippen LogP contribution in [0, 0.1) is 5.92 Å². The summed E-state index contributed by atoms with van der Waals surface area (Å²) in [4.78, 5) is 10.5. The van der Waals surface area contributed by atoms with Gasteiger partial charge in [0.2, 0.25) is 0 Å². The maximum Gasteiger partial charge on any atom is 0.302 e. The number of ether oxygens (including phenoxy) is 1. The van der Waals surface area contributed by atoms with Gasteiger partial charge >= 0.3 is 5.97 Å². The van der Waals surface area contributed by atoms with Crippen LogP contribution in [0.15, 0.2) is 0 Å². The largest absolute Gasteiger partial charge is 0.466 e. The van der Waals surface area contributed by atoms with Gasteiger partial charge in [-0.25, -0.2) is 0 Å². The van der Waals surface area contributed by atoms with Crippen LogP contribution in [0.3, 0.4) is 0 Å². The molecule has 0 unspecified atom stereocenters. The molecule has 0 amide bonds. The zero-order valence-electron chi connectivity index (χ0n) is 8.25. The summed E-state index contributed by atoms with van der Waals surface area (Å²) in [7, 11) is 0. The Balaban J connectivity index is 0.00000144. The second-order valence-corrected chi connectivity index (χ2v) is 3.63. The third kappa shape index (κ3) is 5.92. The highest BCUT2D eigenvalue weighted by Gasteiger charge is 2.12. The lowest BCUT2D eigenvalue weighted by Crippen LogP contribution is -2.10. The first-order valence-electron chi connectivity index (χ1n) is 4.92. The number of hydrogen-bond acceptors (Lipinski definition) is 2. The quantitative estimate of drug-likeness (QED) is 0.664. The Bertz CT molecular complexity index is 142. The van der Waals surface area contributed by atoms with Gasteiger partial charge in [-0.2, -0.15) is 0 Å². The first-order valence-corrected chi connectivity index (χ1v) is 4.92. The third-order valence-electron chi connectivity index (χ3n) is 2.56. The Kier molecular flexibility index (Phi) is 7.06. The van der Waals surface area contributed by atoms with Gasteiger partial charge in [-0.3, -0.25) is 4.79 Å². The SMILES string of the molecule is CC(=O)OCCC1CCCCC1.Cl. The maximum absolute atomic E-state index is 10.5. The van der Waals surface area contributed by atoms with Gasteiger partial charge in [-0.15, -0.1) is 12.4 Å². The van der Waals surface area contributed by atoms with Gasteiger partial charge in [0.15, 0.2) is 0 Å². The fraction of sp³-hybridized carbons (Fsp3) is 0.900. The van der Waals surface area contributed by atoms with E-state index in [9.17, 15) is 4.79 Å². The fourth-order valence-electron chi connectivity index (χ4n) is 1.85. The van der Waals surface area contributed by atoms with Crippen LogP contribution in [0.25, 0.3) is 0 Å². The highest BCUT2D eigenvalue weighted by atomic mass is 35.5. The predicted molar refractivity (Wildman–Crippen MR) is 55.1 cm³/mol. The summed E-state index contributed by atoms with van der Waals surface area (Å²) in [5.74, 6) is 0.670. The number of carbonyl (C=O) groups excluding carboxylic acids is 1. The van der Waals surface area contributed by atoms with Gasteiger partial charge in [-0.05, 0) is 12.3 Å². The molecule has 0 atom stereocenters. The normalized spacial score (nSPS) is 17.6. The van der Waals surface area contributed by atoms with Gasteiger partial charge in [-0.1, -0.05) is 32.1 Å². The van der Waals surface area contributed by atoms with Gasteiger partial charge < -0.3 is 4.74 Å². The van der Waals surface area contributed by atoms with Crippen molar-refractivity contribution >= 4 is 18.4 Å². The minimum Gasteiger partial charge on any atom is -0.466 e. The molecular formula is C10H19ClO2. The lowest BCUT2D eigenvalue weighted by Gasteiger charge is -2.20. The van der Waals surface area contributed by atoms with Crippen molar-refractivity contribution in [2.45, 2.75) is 45.4 Å². The Morgan fingerprint density at radius 1 is 1.31 bits per heavy atom. The fourth-order valence-corrected chi connectivity index (χ4v) is 1.85. The first-order chi connectivity index (χ1) is 5.79. The van der Waals surface area contributed by atoms with Crippen molar-refractivity contribution in [1.82, 2.24) is 0 Å². The van der Waals surface area contributed by atoms with Crippen LogP contribution in [-0.4, -0.2) is 12.6 Å². The van der Waals surface area contributed by atoms with Crippen molar-refractivity contribution in [3.8, 4) is 0 Å². The summed E-state index contributed by atoms with van der Waals surface area (Å²) in [5, 5.41) is 0. The van der Waals surface area contributed by atoms with E-state index in [1.165, 1.54) is 39.0 Å². The van der Waals surface area contributed by atoms with Crippen molar-refractivity contribution in [2.24, 2.45) is 5.92 Å². The average molecular weight is 207 g/mol. The monoisotopic (exact) mass is 206 g/mol. The molecule has 0 aliphatic heterocycles. The van der Waals surface area contributed by atoms with Gasteiger partial charge in [0.25, 0.3) is 0 Å². The van der Waals surface area contributed by atoms with Crippen molar-refractivity contribution in [2.75, 3.05) is 6.61 Å². The molecule has 2 nitrogen and oxygen atoms in total. The van der Waals surface area contributed by atoms with Gasteiger partial charge in [0.05, 0.1) is 6.61 Å². The second-order valence-electron chi connectivity index (χ2n) is 3.63. The second kappa shape index (κ2) is 7.19. The molecule has 1 aliphatic rings. The van der Waals surface area contributed by atoms with Gasteiger partial charge in [0, 0.05) is 6.92 Å². The van der Waals surface area contributed by atoms with E-state index in [4.69, 9.17) is 4.74 Å². The number of hydrogen-bond donors (Lipinski definition) is 0. The molecule has 1 saturated carbocycles. The molecule has 3 heteroatoms. The van der Waals surface area contributed by atoms with Crippen molar-refractivity contribution in [1.29, 1.82) is 0 Å². The highest BCUT2D eigenvalue weighted by molar-refractivity contribution is 5.85. The molecule has 13 heavy (non-hydrogen) atoms. The van der Waals surface area contributed by atoms with Crippen LogP contribution >= 0.6 is 12.4 Å². The van der Waals surface area contributed by atoms with E-state index < -0.39 is 0 Å². The van der Waals surface area contributed by atoms with Crippen molar-refractivity contribution in [3.63, 3.8) is 0 Å². The Morgan fingerprint density at radius 3 is 2.46 bits per heavy atom. The molecule has 1 aliphatic carbocycles.